The Morgan fingerprint density at radius 1 is 1.05 bits per heavy atom. The highest BCUT2D eigenvalue weighted by atomic mass is 32.2. The van der Waals surface area contributed by atoms with Gasteiger partial charge >= 0.3 is 0 Å². The number of amides is 2. The van der Waals surface area contributed by atoms with Gasteiger partial charge in [-0.05, 0) is 49.1 Å². The first kappa shape index (κ1) is 30.0. The fraction of sp³-hybridized carbons (Fsp3) is 0.462. The number of sulfonamides is 1. The third kappa shape index (κ3) is 8.70. The molecule has 1 atom stereocenters. The molecule has 0 bridgehead atoms. The van der Waals surface area contributed by atoms with Crippen LogP contribution >= 0.6 is 0 Å². The minimum Gasteiger partial charge on any atom is -0.497 e. The molecule has 0 spiro atoms. The summed E-state index contributed by atoms with van der Waals surface area (Å²) in [5, 5.41) is 2.84. The van der Waals surface area contributed by atoms with E-state index in [4.69, 9.17) is 4.74 Å². The molecular weight excluding hydrogens is 504 g/mol. The first-order valence-electron chi connectivity index (χ1n) is 12.1. The molecule has 0 heterocycles. The van der Waals surface area contributed by atoms with Crippen LogP contribution in [0, 0.1) is 11.6 Å². The highest BCUT2D eigenvalue weighted by Crippen LogP contribution is 2.22. The molecule has 0 saturated heterocycles. The standard InChI is InChI=1S/C26H35F2N3O5S/c1-5-15-29-26(33)24(6-2)30(18-19-9-12-21(36-3)13-10-19)25(32)8-7-16-31(37(4,34)35)20-11-14-22(27)23(28)17-20/h9-14,17,24H,5-8,15-16,18H2,1-4H3,(H,29,33)/t24-/m0/s1. The molecule has 204 valence electrons. The summed E-state index contributed by atoms with van der Waals surface area (Å²) in [6, 6.07) is 9.27. The zero-order valence-electron chi connectivity index (χ0n) is 21.7. The highest BCUT2D eigenvalue weighted by Gasteiger charge is 2.28. The summed E-state index contributed by atoms with van der Waals surface area (Å²) in [6.45, 7) is 4.29. The number of anilines is 1. The molecule has 0 aliphatic heterocycles. The van der Waals surface area contributed by atoms with Crippen molar-refractivity contribution < 1.29 is 31.5 Å². The number of carbonyl (C=O) groups is 2. The second-order valence-electron chi connectivity index (χ2n) is 8.62. The molecule has 2 rings (SSSR count). The first-order chi connectivity index (χ1) is 17.5. The molecule has 0 saturated carbocycles. The van der Waals surface area contributed by atoms with Crippen molar-refractivity contribution in [2.24, 2.45) is 0 Å². The van der Waals surface area contributed by atoms with Crippen LogP contribution in [0.15, 0.2) is 42.5 Å². The van der Waals surface area contributed by atoms with Crippen LogP contribution in [0.1, 0.15) is 45.1 Å². The summed E-state index contributed by atoms with van der Waals surface area (Å²) in [6.07, 6.45) is 2.15. The van der Waals surface area contributed by atoms with Crippen molar-refractivity contribution in [2.45, 2.75) is 52.1 Å². The monoisotopic (exact) mass is 539 g/mol. The van der Waals surface area contributed by atoms with Gasteiger partial charge < -0.3 is 15.0 Å². The summed E-state index contributed by atoms with van der Waals surface area (Å²) in [5.74, 6) is -2.18. The van der Waals surface area contributed by atoms with Crippen molar-refractivity contribution in [3.05, 3.63) is 59.7 Å². The minimum absolute atomic E-state index is 0.0330. The second-order valence-corrected chi connectivity index (χ2v) is 10.5. The number of halogens is 2. The van der Waals surface area contributed by atoms with E-state index in [-0.39, 0.29) is 43.4 Å². The fourth-order valence-electron chi connectivity index (χ4n) is 3.86. The lowest BCUT2D eigenvalue weighted by atomic mass is 10.1. The summed E-state index contributed by atoms with van der Waals surface area (Å²) < 4.78 is 57.8. The van der Waals surface area contributed by atoms with Gasteiger partial charge in [-0.2, -0.15) is 0 Å². The van der Waals surface area contributed by atoms with Crippen molar-refractivity contribution in [3.8, 4) is 5.75 Å². The number of hydrogen-bond donors (Lipinski definition) is 1. The summed E-state index contributed by atoms with van der Waals surface area (Å²) >= 11 is 0. The Hall–Kier alpha value is -3.21. The van der Waals surface area contributed by atoms with Crippen LogP contribution < -0.4 is 14.4 Å². The second kappa shape index (κ2) is 13.9. The molecule has 0 fully saturated rings. The van der Waals surface area contributed by atoms with Crippen molar-refractivity contribution in [1.29, 1.82) is 0 Å². The number of methoxy groups -OCH3 is 1. The maximum Gasteiger partial charge on any atom is 0.242 e. The number of carbonyl (C=O) groups excluding carboxylic acids is 2. The SMILES string of the molecule is CCCNC(=O)[C@H](CC)N(Cc1ccc(OC)cc1)C(=O)CCCN(c1ccc(F)c(F)c1)S(C)(=O)=O. The van der Waals surface area contributed by atoms with E-state index < -0.39 is 27.7 Å². The Morgan fingerprint density at radius 2 is 1.73 bits per heavy atom. The van der Waals surface area contributed by atoms with Gasteiger partial charge in [0.25, 0.3) is 0 Å². The summed E-state index contributed by atoms with van der Waals surface area (Å²) in [4.78, 5) is 27.7. The van der Waals surface area contributed by atoms with Gasteiger partial charge in [0.15, 0.2) is 11.6 Å². The molecule has 37 heavy (non-hydrogen) atoms. The van der Waals surface area contributed by atoms with Crippen LogP contribution in [-0.4, -0.2) is 57.6 Å². The van der Waals surface area contributed by atoms with E-state index >= 15 is 0 Å². The predicted octanol–water partition coefficient (Wildman–Crippen LogP) is 3.85. The third-order valence-electron chi connectivity index (χ3n) is 5.79. The predicted molar refractivity (Wildman–Crippen MR) is 139 cm³/mol. The number of nitrogens with one attached hydrogen (secondary N) is 1. The third-order valence-corrected chi connectivity index (χ3v) is 6.98. The smallest absolute Gasteiger partial charge is 0.242 e. The fourth-order valence-corrected chi connectivity index (χ4v) is 4.81. The van der Waals surface area contributed by atoms with Gasteiger partial charge in [0.1, 0.15) is 11.8 Å². The Kier molecular flexibility index (Phi) is 11.3. The molecule has 11 heteroatoms. The van der Waals surface area contributed by atoms with Crippen LogP contribution in [0.5, 0.6) is 5.75 Å². The molecular formula is C26H35F2N3O5S. The van der Waals surface area contributed by atoms with Crippen LogP contribution in [0.25, 0.3) is 0 Å². The van der Waals surface area contributed by atoms with Gasteiger partial charge in [-0.1, -0.05) is 26.0 Å². The number of benzene rings is 2. The normalized spacial score (nSPS) is 12.1. The van der Waals surface area contributed by atoms with E-state index in [9.17, 15) is 26.8 Å². The zero-order chi connectivity index (χ0) is 27.6. The van der Waals surface area contributed by atoms with Gasteiger partial charge in [-0.3, -0.25) is 13.9 Å². The van der Waals surface area contributed by atoms with Crippen molar-refractivity contribution in [3.63, 3.8) is 0 Å². The number of nitrogens with zero attached hydrogens (tertiary/aromatic N) is 2. The van der Waals surface area contributed by atoms with Gasteiger partial charge in [0.05, 0.1) is 19.1 Å². The van der Waals surface area contributed by atoms with E-state index in [1.807, 2.05) is 26.0 Å². The molecule has 8 nitrogen and oxygen atoms in total. The maximum absolute atomic E-state index is 13.7. The van der Waals surface area contributed by atoms with Crippen molar-refractivity contribution in [1.82, 2.24) is 10.2 Å². The average Bonchev–Trinajstić information content (AvgIpc) is 2.86. The van der Waals surface area contributed by atoms with Gasteiger partial charge in [-0.25, -0.2) is 17.2 Å². The number of ether oxygens (including phenoxy) is 1. The Morgan fingerprint density at radius 3 is 2.27 bits per heavy atom. The number of hydrogen-bond acceptors (Lipinski definition) is 5. The molecule has 0 unspecified atom stereocenters. The maximum atomic E-state index is 13.7. The molecule has 0 radical (unpaired) electrons. The quantitative estimate of drug-likeness (QED) is 0.394. The molecule has 2 aromatic rings. The molecule has 2 aromatic carbocycles. The molecule has 2 amide bonds. The zero-order valence-corrected chi connectivity index (χ0v) is 22.5. The summed E-state index contributed by atoms with van der Waals surface area (Å²) in [7, 11) is -2.27. The van der Waals surface area contributed by atoms with E-state index in [2.05, 4.69) is 5.32 Å². The van der Waals surface area contributed by atoms with Crippen molar-refractivity contribution in [2.75, 3.05) is 30.8 Å². The minimum atomic E-state index is -3.82. The van der Waals surface area contributed by atoms with E-state index in [0.717, 1.165) is 34.7 Å². The molecule has 0 aromatic heterocycles. The number of rotatable bonds is 14. The Balaban J connectivity index is 2.22. The highest BCUT2D eigenvalue weighted by molar-refractivity contribution is 7.92. The van der Waals surface area contributed by atoms with Crippen LogP contribution in [0.4, 0.5) is 14.5 Å². The molecule has 0 aliphatic rings. The lowest BCUT2D eigenvalue weighted by molar-refractivity contribution is -0.141. The van der Waals surface area contributed by atoms with Gasteiger partial charge in [-0.15, -0.1) is 0 Å². The first-order valence-corrected chi connectivity index (χ1v) is 14.0. The van der Waals surface area contributed by atoms with Crippen molar-refractivity contribution >= 4 is 27.5 Å². The lowest BCUT2D eigenvalue weighted by Crippen LogP contribution is -2.49. The van der Waals surface area contributed by atoms with Crippen LogP contribution in [0.3, 0.4) is 0 Å². The topological polar surface area (TPSA) is 96.0 Å². The van der Waals surface area contributed by atoms with Gasteiger partial charge in [0, 0.05) is 32.1 Å². The largest absolute Gasteiger partial charge is 0.497 e. The molecule has 0 aliphatic carbocycles. The van der Waals surface area contributed by atoms with E-state index in [1.54, 1.807) is 19.2 Å². The van der Waals surface area contributed by atoms with Crippen LogP contribution in [0.2, 0.25) is 0 Å². The average molecular weight is 540 g/mol. The Bertz CT molecular complexity index is 1160. The van der Waals surface area contributed by atoms with Crippen LogP contribution in [-0.2, 0) is 26.2 Å². The lowest BCUT2D eigenvalue weighted by Gasteiger charge is -2.31. The molecule has 1 N–H and O–H groups in total. The van der Waals surface area contributed by atoms with E-state index in [0.29, 0.717) is 18.7 Å². The van der Waals surface area contributed by atoms with Gasteiger partial charge in [0.2, 0.25) is 21.8 Å². The van der Waals surface area contributed by atoms with E-state index in [1.165, 1.54) is 11.0 Å². The summed E-state index contributed by atoms with van der Waals surface area (Å²) in [5.41, 5.74) is 0.768. The Labute approximate surface area is 217 Å².